The first kappa shape index (κ1) is 46.6. The molecule has 0 aliphatic carbocycles. The maximum absolute atomic E-state index is 12.5. The Morgan fingerprint density at radius 1 is 1.05 bits per heavy atom. The molecule has 15 heteroatoms. The molecule has 11 nitrogen and oxygen atoms in total. The van der Waals surface area contributed by atoms with Crippen LogP contribution in [0.3, 0.4) is 0 Å². The van der Waals surface area contributed by atoms with Crippen LogP contribution in [0.25, 0.3) is 11.3 Å². The number of benzene rings is 2. The van der Waals surface area contributed by atoms with Gasteiger partial charge in [-0.25, -0.2) is 4.79 Å². The van der Waals surface area contributed by atoms with Gasteiger partial charge >= 0.3 is 135 Å². The minimum absolute atomic E-state index is 0. The number of nitrogens with zero attached hydrogens (tertiary/aromatic N) is 1. The number of hydrogen-bond donors (Lipinski definition) is 1. The van der Waals surface area contributed by atoms with E-state index in [4.69, 9.17) is 28.6 Å². The van der Waals surface area contributed by atoms with E-state index in [-0.39, 0.29) is 142 Å². The third-order valence-corrected chi connectivity index (χ3v) is 6.38. The van der Waals surface area contributed by atoms with Crippen molar-refractivity contribution in [3.05, 3.63) is 65.9 Å². The summed E-state index contributed by atoms with van der Waals surface area (Å²) in [5.41, 5.74) is 2.79. The van der Waals surface area contributed by atoms with Gasteiger partial charge in [0.25, 0.3) is 6.47 Å². The zero-order chi connectivity index (χ0) is 27.2. The van der Waals surface area contributed by atoms with Gasteiger partial charge in [-0.05, 0) is 52.6 Å². The number of aryl methyl sites for hydroxylation is 1. The van der Waals surface area contributed by atoms with Crippen molar-refractivity contribution >= 4 is 30.8 Å². The Morgan fingerprint density at radius 3 is 2.02 bits per heavy atom. The van der Waals surface area contributed by atoms with Gasteiger partial charge in [0.2, 0.25) is 0 Å². The van der Waals surface area contributed by atoms with Gasteiger partial charge < -0.3 is 35.6 Å². The molecular weight excluding hydrogens is 592 g/mol. The first-order chi connectivity index (χ1) is 17.5. The van der Waals surface area contributed by atoms with Crippen LogP contribution in [0.5, 0.6) is 0 Å². The number of carbonyl (C=O) groups is 2. The van der Waals surface area contributed by atoms with E-state index in [1.165, 1.54) is 0 Å². The standard InChI is InChI=1S/C25H29BN2O5.CH2O3.CH4.2K.Li.H2O.H/c1-16-21(27-23(29)30-17(2)18-10-8-7-9-11-18)22(31-28-16)19-12-14-20(15-13-19)26-32-24(3,4)25(5,6)33-26;2-1-4-3;;;;;;/h7-15,17H,1-6H3,(H,27,29);1,3H;1H4;;;;1H2;/q;;;3*+1;;-1/p-2/t17-;;;;;;;/m1......./s1. The first-order valence-corrected chi connectivity index (χ1v) is 11.7. The Hall–Kier alpha value is 0.165. The van der Waals surface area contributed by atoms with Crippen molar-refractivity contribution in [2.45, 2.75) is 66.3 Å². The predicted octanol–water partition coefficient (Wildman–Crippen LogP) is -4.72. The zero-order valence-electron chi connectivity index (χ0n) is 26.1. The van der Waals surface area contributed by atoms with Crippen LogP contribution in [0, 0.1) is 6.92 Å². The Labute approximate surface area is 346 Å². The summed E-state index contributed by atoms with van der Waals surface area (Å²) in [5.74, 6) is 0.456. The number of aromatic nitrogens is 1. The summed E-state index contributed by atoms with van der Waals surface area (Å²) in [5, 5.41) is 15.2. The van der Waals surface area contributed by atoms with Gasteiger partial charge in [-0.1, -0.05) is 67.2 Å². The molecule has 214 valence electrons. The van der Waals surface area contributed by atoms with E-state index in [2.05, 4.69) is 15.4 Å². The molecule has 2 aromatic carbocycles. The Balaban J connectivity index is -0.000000717. The molecule has 3 aromatic rings. The monoisotopic (exact) mass is 628 g/mol. The summed E-state index contributed by atoms with van der Waals surface area (Å²) in [7, 11) is -0.451. The molecule has 0 unspecified atom stereocenters. The van der Waals surface area contributed by atoms with Crippen LogP contribution in [0.1, 0.15) is 60.8 Å². The van der Waals surface area contributed by atoms with Crippen molar-refractivity contribution in [3.8, 4) is 11.3 Å². The fourth-order valence-electron chi connectivity index (χ4n) is 3.57. The van der Waals surface area contributed by atoms with Crippen molar-refractivity contribution in [2.24, 2.45) is 0 Å². The minimum Gasteiger partial charge on any atom is -1.00 e. The quantitative estimate of drug-likeness (QED) is 0.122. The molecule has 1 amide bonds. The number of carbonyl (C=O) groups excluding carboxylic acids is 2. The van der Waals surface area contributed by atoms with Crippen molar-refractivity contribution < 1.29 is 167 Å². The minimum atomic E-state index is -0.576. The van der Waals surface area contributed by atoms with Crippen LogP contribution in [0.2, 0.25) is 0 Å². The number of hydrogen-bond acceptors (Lipinski definition) is 10. The van der Waals surface area contributed by atoms with Gasteiger partial charge in [-0.15, -0.1) is 0 Å². The molecule has 1 saturated heterocycles. The average Bonchev–Trinajstić information content (AvgIpc) is 3.34. The summed E-state index contributed by atoms with van der Waals surface area (Å²) in [6.07, 6.45) is -0.971. The SMILES string of the molecule is C.Cc1noc(-c2ccc(B3OC(C)(C)C(C)(C)O3)cc2)c1NC(=O)O[C@H](C)c1ccccc1.O=CO[O-].[H-].[K+].[K+].[Li+].[OH-]. The summed E-state index contributed by atoms with van der Waals surface area (Å²) < 4.78 is 23.3. The second-order valence-corrected chi connectivity index (χ2v) is 9.46. The fraction of sp³-hybridized carbons (Fsp3) is 0.370. The molecule has 42 heavy (non-hydrogen) atoms. The second kappa shape index (κ2) is 21.1. The van der Waals surface area contributed by atoms with E-state index in [0.717, 1.165) is 16.6 Å². The molecule has 1 atom stereocenters. The number of ether oxygens (including phenoxy) is 1. The molecule has 1 aromatic heterocycles. The summed E-state index contributed by atoms with van der Waals surface area (Å²) in [4.78, 5) is 23.8. The van der Waals surface area contributed by atoms with E-state index in [1.54, 1.807) is 6.92 Å². The molecule has 1 aliphatic heterocycles. The van der Waals surface area contributed by atoms with Crippen LogP contribution >= 0.6 is 0 Å². The molecule has 0 radical (unpaired) electrons. The van der Waals surface area contributed by atoms with Crippen LogP contribution in [-0.2, 0) is 23.7 Å². The number of nitrogens with one attached hydrogen (secondary N) is 1. The Kier molecular flexibility index (Phi) is 23.3. The summed E-state index contributed by atoms with van der Waals surface area (Å²) in [6.45, 7) is 11.5. The van der Waals surface area contributed by atoms with E-state index >= 15 is 0 Å². The molecule has 1 aliphatic rings. The maximum Gasteiger partial charge on any atom is 1.00 e. The fourth-order valence-corrected chi connectivity index (χ4v) is 3.57. The molecule has 1 fully saturated rings. The number of anilines is 1. The van der Waals surface area contributed by atoms with Crippen LogP contribution in [0.4, 0.5) is 10.5 Å². The molecule has 2 heterocycles. The first-order valence-electron chi connectivity index (χ1n) is 11.7. The third kappa shape index (κ3) is 12.2. The predicted molar refractivity (Wildman–Crippen MR) is 144 cm³/mol. The average molecular weight is 629 g/mol. The van der Waals surface area contributed by atoms with Crippen molar-refractivity contribution in [1.29, 1.82) is 0 Å². The van der Waals surface area contributed by atoms with E-state index < -0.39 is 30.5 Å². The molecule has 4 rings (SSSR count). The molecule has 0 saturated carbocycles. The largest absolute Gasteiger partial charge is 1.00 e. The van der Waals surface area contributed by atoms with Crippen molar-refractivity contribution in [2.75, 3.05) is 5.32 Å². The van der Waals surface area contributed by atoms with Gasteiger partial charge in [-0.2, -0.15) is 0 Å². The molecular formula is C27H36BK2LiN2O9. The van der Waals surface area contributed by atoms with Crippen LogP contribution in [-0.4, -0.2) is 41.5 Å². The van der Waals surface area contributed by atoms with Gasteiger partial charge in [0.05, 0.1) is 11.2 Å². The number of amides is 1. The van der Waals surface area contributed by atoms with Gasteiger partial charge in [0.15, 0.2) is 5.76 Å². The van der Waals surface area contributed by atoms with Gasteiger partial charge in [0.1, 0.15) is 17.5 Å². The van der Waals surface area contributed by atoms with E-state index in [0.29, 0.717) is 17.1 Å². The maximum atomic E-state index is 12.5. The van der Waals surface area contributed by atoms with Crippen LogP contribution < -0.4 is 138 Å². The second-order valence-electron chi connectivity index (χ2n) is 9.46. The molecule has 2 N–H and O–H groups in total. The number of rotatable bonds is 6. The van der Waals surface area contributed by atoms with E-state index in [9.17, 15) is 4.79 Å². The smallest absolute Gasteiger partial charge is 1.00 e. The van der Waals surface area contributed by atoms with Gasteiger partial charge in [0, 0.05) is 5.56 Å². The van der Waals surface area contributed by atoms with Gasteiger partial charge in [-0.3, -0.25) is 10.1 Å². The Morgan fingerprint density at radius 2 is 1.55 bits per heavy atom. The zero-order valence-corrected chi connectivity index (χ0v) is 31.3. The van der Waals surface area contributed by atoms with Crippen LogP contribution in [0.15, 0.2) is 59.1 Å². The molecule has 0 spiro atoms. The third-order valence-electron chi connectivity index (χ3n) is 6.38. The topological polar surface area (TPSA) is 162 Å². The summed E-state index contributed by atoms with van der Waals surface area (Å²) >= 11 is 0. The normalized spacial score (nSPS) is 14.3. The van der Waals surface area contributed by atoms with E-state index in [1.807, 2.05) is 89.2 Å². The van der Waals surface area contributed by atoms with Crippen molar-refractivity contribution in [1.82, 2.24) is 5.16 Å². The summed E-state index contributed by atoms with van der Waals surface area (Å²) in [6, 6.07) is 17.2. The Bertz CT molecular complexity index is 1210. The van der Waals surface area contributed by atoms with Crippen molar-refractivity contribution in [3.63, 3.8) is 0 Å². The molecule has 0 bridgehead atoms.